The number of nitrogens with zero attached hydrogens (tertiary/aromatic N) is 3. The smallest absolute Gasteiger partial charge is 0.262 e. The number of carbonyl (C=O) groups is 1. The molecule has 1 N–H and O–H groups in total. The average molecular weight is 419 g/mol. The van der Waals surface area contributed by atoms with Crippen LogP contribution in [0.3, 0.4) is 0 Å². The molecule has 4 rings (SSSR count). The number of rotatable bonds is 6. The first-order chi connectivity index (χ1) is 14.5. The van der Waals surface area contributed by atoms with Crippen LogP contribution in [0, 0.1) is 13.8 Å². The van der Waals surface area contributed by atoms with Crippen LogP contribution in [0.15, 0.2) is 65.8 Å². The molecule has 1 unspecified atom stereocenters. The molecule has 0 saturated carbocycles. The lowest BCUT2D eigenvalue weighted by molar-refractivity contribution is -0.121. The first kappa shape index (κ1) is 20.0. The maximum Gasteiger partial charge on any atom is 0.262 e. The number of aryl methyl sites for hydroxylation is 3. The van der Waals surface area contributed by atoms with Crippen molar-refractivity contribution in [1.82, 2.24) is 19.9 Å². The van der Waals surface area contributed by atoms with E-state index in [4.69, 9.17) is 0 Å². The highest BCUT2D eigenvalue weighted by molar-refractivity contribution is 7.18. The number of hydrogen-bond acceptors (Lipinski definition) is 5. The molecule has 0 aliphatic carbocycles. The third-order valence-electron chi connectivity index (χ3n) is 5.16. The van der Waals surface area contributed by atoms with E-state index in [9.17, 15) is 9.59 Å². The second-order valence-electron chi connectivity index (χ2n) is 7.12. The van der Waals surface area contributed by atoms with Crippen molar-refractivity contribution in [3.8, 4) is 0 Å². The lowest BCUT2D eigenvalue weighted by Gasteiger charge is -2.19. The average Bonchev–Trinajstić information content (AvgIpc) is 3.07. The van der Waals surface area contributed by atoms with Crippen molar-refractivity contribution in [2.45, 2.75) is 32.9 Å². The van der Waals surface area contributed by atoms with Crippen molar-refractivity contribution in [1.29, 1.82) is 0 Å². The lowest BCUT2D eigenvalue weighted by atomic mass is 10.0. The molecule has 1 aromatic carbocycles. The van der Waals surface area contributed by atoms with E-state index in [1.165, 1.54) is 22.2 Å². The van der Waals surface area contributed by atoms with Crippen LogP contribution in [0.5, 0.6) is 0 Å². The first-order valence-electron chi connectivity index (χ1n) is 9.75. The van der Waals surface area contributed by atoms with Crippen LogP contribution in [0.2, 0.25) is 0 Å². The summed E-state index contributed by atoms with van der Waals surface area (Å²) in [6.07, 6.45) is 3.41. The molecule has 0 spiro atoms. The molecule has 6 nitrogen and oxygen atoms in total. The number of aromatic nitrogens is 3. The molecule has 0 saturated heterocycles. The quantitative estimate of drug-likeness (QED) is 0.517. The Morgan fingerprint density at radius 2 is 1.87 bits per heavy atom. The number of carbonyl (C=O) groups excluding carboxylic acids is 1. The van der Waals surface area contributed by atoms with E-state index in [2.05, 4.69) is 15.3 Å². The highest BCUT2D eigenvalue weighted by Crippen LogP contribution is 2.25. The summed E-state index contributed by atoms with van der Waals surface area (Å²) in [7, 11) is 0. The minimum atomic E-state index is -0.348. The molecule has 3 heterocycles. The van der Waals surface area contributed by atoms with Gasteiger partial charge in [0.1, 0.15) is 4.83 Å². The summed E-state index contributed by atoms with van der Waals surface area (Å²) in [5.41, 5.74) is 2.58. The molecule has 152 valence electrons. The molecule has 0 fully saturated rings. The molecule has 30 heavy (non-hydrogen) atoms. The van der Waals surface area contributed by atoms with Gasteiger partial charge in [-0.3, -0.25) is 19.1 Å². The van der Waals surface area contributed by atoms with Crippen LogP contribution < -0.4 is 10.9 Å². The summed E-state index contributed by atoms with van der Waals surface area (Å²) < 4.78 is 1.51. The minimum Gasteiger partial charge on any atom is -0.344 e. The monoisotopic (exact) mass is 418 g/mol. The van der Waals surface area contributed by atoms with E-state index in [-0.39, 0.29) is 30.5 Å². The summed E-state index contributed by atoms with van der Waals surface area (Å²) in [6, 6.07) is 15.0. The van der Waals surface area contributed by atoms with Gasteiger partial charge < -0.3 is 5.32 Å². The normalized spacial score (nSPS) is 12.1. The van der Waals surface area contributed by atoms with Gasteiger partial charge in [-0.25, -0.2) is 4.98 Å². The fraction of sp³-hybridized carbons (Fsp3) is 0.217. The highest BCUT2D eigenvalue weighted by atomic mass is 32.1. The maximum atomic E-state index is 12.8. The van der Waals surface area contributed by atoms with E-state index < -0.39 is 0 Å². The molecule has 0 aliphatic rings. The van der Waals surface area contributed by atoms with Crippen molar-refractivity contribution < 1.29 is 4.79 Å². The number of hydrogen-bond donors (Lipinski definition) is 1. The molecule has 4 aromatic rings. The zero-order chi connectivity index (χ0) is 21.1. The molecular formula is C23H22N4O2S. The summed E-state index contributed by atoms with van der Waals surface area (Å²) in [5, 5.41) is 3.71. The Morgan fingerprint density at radius 3 is 2.60 bits per heavy atom. The predicted octanol–water partition coefficient (Wildman–Crippen LogP) is 3.77. The Bertz CT molecular complexity index is 1190. The Hall–Kier alpha value is -3.32. The Morgan fingerprint density at radius 1 is 1.10 bits per heavy atom. The number of thiophene rings is 1. The summed E-state index contributed by atoms with van der Waals surface area (Å²) in [4.78, 5) is 36.2. The van der Waals surface area contributed by atoms with Gasteiger partial charge in [-0.15, -0.1) is 11.3 Å². The van der Waals surface area contributed by atoms with E-state index >= 15 is 0 Å². The summed E-state index contributed by atoms with van der Waals surface area (Å²) >= 11 is 1.52. The molecule has 0 bridgehead atoms. The van der Waals surface area contributed by atoms with Crippen LogP contribution in [0.25, 0.3) is 10.2 Å². The SMILES string of the molecule is Cc1sc2ncn(CCC(=O)NC(c3ccccc3)c3ccccn3)c(=O)c2c1C. The third-order valence-corrected chi connectivity index (χ3v) is 6.27. The summed E-state index contributed by atoms with van der Waals surface area (Å²) in [6.45, 7) is 4.19. The largest absolute Gasteiger partial charge is 0.344 e. The number of amides is 1. The minimum absolute atomic E-state index is 0.0982. The Balaban J connectivity index is 1.52. The summed E-state index contributed by atoms with van der Waals surface area (Å²) in [5.74, 6) is -0.153. The van der Waals surface area contributed by atoms with Gasteiger partial charge in [-0.2, -0.15) is 0 Å². The number of pyridine rings is 1. The third kappa shape index (κ3) is 4.02. The van der Waals surface area contributed by atoms with Crippen molar-refractivity contribution in [3.05, 3.63) is 93.1 Å². The fourth-order valence-corrected chi connectivity index (χ4v) is 4.39. The molecule has 7 heteroatoms. The van der Waals surface area contributed by atoms with Gasteiger partial charge in [0.25, 0.3) is 5.56 Å². The maximum absolute atomic E-state index is 12.8. The predicted molar refractivity (Wildman–Crippen MR) is 119 cm³/mol. The van der Waals surface area contributed by atoms with E-state index in [0.29, 0.717) is 5.39 Å². The van der Waals surface area contributed by atoms with E-state index in [0.717, 1.165) is 26.5 Å². The molecule has 0 aliphatic heterocycles. The molecule has 3 aromatic heterocycles. The molecule has 1 atom stereocenters. The van der Waals surface area contributed by atoms with Gasteiger partial charge in [0, 0.05) is 24.0 Å². The number of fused-ring (bicyclic) bond motifs is 1. The number of nitrogens with one attached hydrogen (secondary N) is 1. The van der Waals surface area contributed by atoms with Crippen LogP contribution >= 0.6 is 11.3 Å². The lowest BCUT2D eigenvalue weighted by Crippen LogP contribution is -2.31. The van der Waals surface area contributed by atoms with E-state index in [1.807, 2.05) is 62.4 Å². The van der Waals surface area contributed by atoms with E-state index in [1.54, 1.807) is 6.20 Å². The zero-order valence-electron chi connectivity index (χ0n) is 16.8. The van der Waals surface area contributed by atoms with Gasteiger partial charge in [-0.1, -0.05) is 36.4 Å². The van der Waals surface area contributed by atoms with Gasteiger partial charge >= 0.3 is 0 Å². The molecule has 0 radical (unpaired) electrons. The molecular weight excluding hydrogens is 396 g/mol. The standard InChI is InChI=1S/C23H22N4O2S/c1-15-16(2)30-22-20(15)23(29)27(14-25-22)13-11-19(28)26-21(17-8-4-3-5-9-17)18-10-6-7-12-24-18/h3-10,12,14,21H,11,13H2,1-2H3,(H,26,28). The van der Waals surface area contributed by atoms with Crippen molar-refractivity contribution >= 4 is 27.5 Å². The first-order valence-corrected chi connectivity index (χ1v) is 10.6. The van der Waals surface area contributed by atoms with Crippen LogP contribution in [-0.2, 0) is 11.3 Å². The topological polar surface area (TPSA) is 76.9 Å². The Kier molecular flexibility index (Phi) is 5.72. The second kappa shape index (κ2) is 8.59. The van der Waals surface area contributed by atoms with Gasteiger partial charge in [0.2, 0.25) is 5.91 Å². The van der Waals surface area contributed by atoms with Gasteiger partial charge in [0.15, 0.2) is 0 Å². The Labute approximate surface area is 178 Å². The fourth-order valence-electron chi connectivity index (χ4n) is 3.40. The van der Waals surface area contributed by atoms with Crippen LogP contribution in [-0.4, -0.2) is 20.4 Å². The van der Waals surface area contributed by atoms with Gasteiger partial charge in [-0.05, 0) is 37.1 Å². The second-order valence-corrected chi connectivity index (χ2v) is 8.33. The van der Waals surface area contributed by atoms with Crippen molar-refractivity contribution in [2.24, 2.45) is 0 Å². The number of benzene rings is 1. The van der Waals surface area contributed by atoms with Gasteiger partial charge in [0.05, 0.1) is 23.4 Å². The van der Waals surface area contributed by atoms with Crippen LogP contribution in [0.4, 0.5) is 0 Å². The van der Waals surface area contributed by atoms with Crippen molar-refractivity contribution in [2.75, 3.05) is 0 Å². The highest BCUT2D eigenvalue weighted by Gasteiger charge is 2.18. The zero-order valence-corrected chi connectivity index (χ0v) is 17.6. The van der Waals surface area contributed by atoms with Crippen LogP contribution in [0.1, 0.15) is 34.2 Å². The molecule has 1 amide bonds. The van der Waals surface area contributed by atoms with Crippen molar-refractivity contribution in [3.63, 3.8) is 0 Å².